The molecule has 0 unspecified atom stereocenters. The van der Waals surface area contributed by atoms with Gasteiger partial charge in [0.05, 0.1) is 18.2 Å². The van der Waals surface area contributed by atoms with Crippen LogP contribution in [-0.2, 0) is 4.74 Å². The Balaban J connectivity index is 2.01. The van der Waals surface area contributed by atoms with E-state index in [1.54, 1.807) is 23.5 Å². The zero-order chi connectivity index (χ0) is 18.3. The van der Waals surface area contributed by atoms with Crippen molar-refractivity contribution in [2.24, 2.45) is 0 Å². The van der Waals surface area contributed by atoms with E-state index in [9.17, 15) is 4.79 Å². The Labute approximate surface area is 155 Å². The molecule has 0 amide bonds. The number of fused-ring (bicyclic) bond motifs is 3. The number of hydrogen-bond acceptors (Lipinski definition) is 4. The van der Waals surface area contributed by atoms with E-state index in [1.807, 2.05) is 31.2 Å². The fourth-order valence-corrected chi connectivity index (χ4v) is 4.22. The van der Waals surface area contributed by atoms with Gasteiger partial charge in [-0.1, -0.05) is 48.6 Å². The number of hydrogen-bond donors (Lipinski definition) is 0. The van der Waals surface area contributed by atoms with Crippen molar-refractivity contribution in [3.05, 3.63) is 72.3 Å². The summed E-state index contributed by atoms with van der Waals surface area (Å²) in [5.41, 5.74) is 5.63. The van der Waals surface area contributed by atoms with Gasteiger partial charge >= 0.3 is 5.97 Å². The molecule has 2 aliphatic heterocycles. The molecule has 0 saturated heterocycles. The van der Waals surface area contributed by atoms with E-state index in [-0.39, 0.29) is 5.97 Å². The van der Waals surface area contributed by atoms with Gasteiger partial charge in [0.2, 0.25) is 0 Å². The summed E-state index contributed by atoms with van der Waals surface area (Å²) in [4.78, 5) is 17.8. The monoisotopic (exact) mass is 359 g/mol. The second-order valence-corrected chi connectivity index (χ2v) is 7.22. The zero-order valence-corrected chi connectivity index (χ0v) is 15.4. The highest BCUT2D eigenvalue weighted by molar-refractivity contribution is 7.18. The molecule has 2 aromatic rings. The average Bonchev–Trinajstić information content (AvgIpc) is 3.04. The van der Waals surface area contributed by atoms with E-state index in [2.05, 4.69) is 24.8 Å². The van der Waals surface area contributed by atoms with Crippen molar-refractivity contribution in [1.29, 1.82) is 0 Å². The maximum atomic E-state index is 11.8. The number of allylic oxidation sites excluding steroid dienone is 1. The first-order valence-corrected chi connectivity index (χ1v) is 9.07. The number of esters is 1. The van der Waals surface area contributed by atoms with Crippen molar-refractivity contribution < 1.29 is 9.53 Å². The van der Waals surface area contributed by atoms with Crippen LogP contribution in [0.15, 0.2) is 61.2 Å². The van der Waals surface area contributed by atoms with Crippen LogP contribution in [0.25, 0.3) is 37.5 Å². The molecule has 0 N–H and O–H groups in total. The van der Waals surface area contributed by atoms with Gasteiger partial charge in [-0.15, -0.1) is 11.3 Å². The molecule has 2 aliphatic rings. The predicted molar refractivity (Wildman–Crippen MR) is 108 cm³/mol. The largest absolute Gasteiger partial charge is 0.465 e. The van der Waals surface area contributed by atoms with Crippen LogP contribution in [0.4, 0.5) is 0 Å². The van der Waals surface area contributed by atoms with Crippen molar-refractivity contribution in [3.63, 3.8) is 0 Å². The lowest BCUT2D eigenvalue weighted by Crippen LogP contribution is -2.00. The predicted octanol–water partition coefficient (Wildman–Crippen LogP) is 5.89. The minimum absolute atomic E-state index is 0.354. The Bertz CT molecular complexity index is 1110. The maximum Gasteiger partial charge on any atom is 0.337 e. The molecule has 4 heteroatoms. The summed E-state index contributed by atoms with van der Waals surface area (Å²) >= 11 is 1.65. The molecule has 2 aromatic carbocycles. The Morgan fingerprint density at radius 2 is 1.88 bits per heavy atom. The van der Waals surface area contributed by atoms with Crippen molar-refractivity contribution in [2.45, 2.75) is 6.92 Å². The van der Waals surface area contributed by atoms with Gasteiger partial charge in [-0.25, -0.2) is 9.78 Å². The minimum Gasteiger partial charge on any atom is -0.465 e. The molecule has 0 saturated carbocycles. The van der Waals surface area contributed by atoms with E-state index in [4.69, 9.17) is 9.72 Å². The van der Waals surface area contributed by atoms with E-state index in [1.165, 1.54) is 7.11 Å². The number of nitrogens with zero attached hydrogens (tertiary/aromatic N) is 1. The first-order valence-electron chi connectivity index (χ1n) is 8.25. The summed E-state index contributed by atoms with van der Waals surface area (Å²) in [6, 6.07) is 18.0. The van der Waals surface area contributed by atoms with Gasteiger partial charge < -0.3 is 4.74 Å². The fraction of sp³-hybridized carbons (Fsp3) is 0.0909. The smallest absolute Gasteiger partial charge is 0.337 e. The number of methoxy groups -OCH3 is 1. The van der Waals surface area contributed by atoms with Crippen LogP contribution in [0.1, 0.15) is 22.8 Å². The van der Waals surface area contributed by atoms with E-state index < -0.39 is 0 Å². The average molecular weight is 359 g/mol. The standard InChI is InChI=1S/C22H17NO2S/c1-13(2)17-12-19(14-7-5-4-6-8-14)26-21-20(17)16-10-9-15(22(24)25-3)11-18(16)23-21/h4-12H,1H2,2-3H3. The van der Waals surface area contributed by atoms with Gasteiger partial charge in [0.1, 0.15) is 5.01 Å². The van der Waals surface area contributed by atoms with E-state index in [0.29, 0.717) is 5.56 Å². The molecule has 0 fully saturated rings. The molecule has 2 heterocycles. The van der Waals surface area contributed by atoms with Crippen molar-refractivity contribution in [1.82, 2.24) is 4.98 Å². The first-order chi connectivity index (χ1) is 12.6. The number of carbonyl (C=O) groups excluding carboxylic acids is 1. The van der Waals surface area contributed by atoms with Crippen molar-refractivity contribution >= 4 is 33.8 Å². The number of carbonyl (C=O) groups is 1. The fourth-order valence-electron chi connectivity index (χ4n) is 3.11. The number of aromatic nitrogens is 1. The SMILES string of the molecule is C=C(C)c1cc(-c2ccccc2)sc2nc3cc(C(=O)OC)ccc3c1-2. The molecular weight excluding hydrogens is 342 g/mol. The molecular formula is C22H17NO2S. The highest BCUT2D eigenvalue weighted by Crippen LogP contribution is 2.43. The van der Waals surface area contributed by atoms with Crippen molar-refractivity contribution in [2.75, 3.05) is 7.11 Å². The molecule has 26 heavy (non-hydrogen) atoms. The maximum absolute atomic E-state index is 11.8. The topological polar surface area (TPSA) is 39.2 Å². The van der Waals surface area contributed by atoms with Crippen LogP contribution in [0, 0.1) is 0 Å². The Morgan fingerprint density at radius 1 is 1.12 bits per heavy atom. The van der Waals surface area contributed by atoms with Gasteiger partial charge in [0.15, 0.2) is 0 Å². The summed E-state index contributed by atoms with van der Waals surface area (Å²) in [5.74, 6) is -0.354. The summed E-state index contributed by atoms with van der Waals surface area (Å²) in [7, 11) is 1.38. The van der Waals surface area contributed by atoms with Crippen LogP contribution < -0.4 is 0 Å². The second kappa shape index (κ2) is 6.39. The molecule has 3 nitrogen and oxygen atoms in total. The third-order valence-electron chi connectivity index (χ3n) is 4.39. The normalized spacial score (nSPS) is 11.0. The Morgan fingerprint density at radius 3 is 2.58 bits per heavy atom. The molecule has 0 bridgehead atoms. The molecule has 4 rings (SSSR count). The third-order valence-corrected chi connectivity index (χ3v) is 5.46. The van der Waals surface area contributed by atoms with Gasteiger partial charge in [-0.3, -0.25) is 0 Å². The van der Waals surface area contributed by atoms with E-state index >= 15 is 0 Å². The Hall–Kier alpha value is -2.98. The second-order valence-electron chi connectivity index (χ2n) is 6.19. The lowest BCUT2D eigenvalue weighted by Gasteiger charge is -2.11. The number of rotatable bonds is 3. The minimum atomic E-state index is -0.354. The number of ether oxygens (including phenoxy) is 1. The highest BCUT2D eigenvalue weighted by atomic mass is 32.1. The molecule has 0 radical (unpaired) electrons. The summed E-state index contributed by atoms with van der Waals surface area (Å²) in [6.45, 7) is 6.17. The first kappa shape index (κ1) is 16.5. The van der Waals surface area contributed by atoms with Crippen LogP contribution in [0.5, 0.6) is 0 Å². The van der Waals surface area contributed by atoms with E-state index in [0.717, 1.165) is 43.1 Å². The van der Waals surface area contributed by atoms with Gasteiger partial charge in [-0.2, -0.15) is 0 Å². The molecule has 0 spiro atoms. The third kappa shape index (κ3) is 2.68. The zero-order valence-electron chi connectivity index (χ0n) is 14.6. The molecule has 0 aliphatic carbocycles. The molecule has 0 aromatic heterocycles. The number of benzene rings is 2. The highest BCUT2D eigenvalue weighted by Gasteiger charge is 2.20. The van der Waals surface area contributed by atoms with Crippen LogP contribution >= 0.6 is 11.3 Å². The van der Waals surface area contributed by atoms with Gasteiger partial charge in [-0.05, 0) is 36.2 Å². The van der Waals surface area contributed by atoms with Gasteiger partial charge in [0, 0.05) is 15.8 Å². The van der Waals surface area contributed by atoms with Crippen LogP contribution in [0.3, 0.4) is 0 Å². The van der Waals surface area contributed by atoms with Crippen molar-refractivity contribution in [3.8, 4) is 21.0 Å². The molecule has 128 valence electrons. The quantitative estimate of drug-likeness (QED) is 0.428. The molecule has 0 atom stereocenters. The lowest BCUT2D eigenvalue weighted by molar-refractivity contribution is 0.0601. The Kier molecular flexibility index (Phi) is 4.05. The summed E-state index contributed by atoms with van der Waals surface area (Å²) in [6.07, 6.45) is 0. The van der Waals surface area contributed by atoms with Crippen LogP contribution in [-0.4, -0.2) is 18.1 Å². The summed E-state index contributed by atoms with van der Waals surface area (Å²) < 4.78 is 4.82. The summed E-state index contributed by atoms with van der Waals surface area (Å²) in [5, 5.41) is 1.97. The van der Waals surface area contributed by atoms with Crippen LogP contribution in [0.2, 0.25) is 0 Å². The lowest BCUT2D eigenvalue weighted by atomic mass is 10.00. The van der Waals surface area contributed by atoms with Gasteiger partial charge in [0.25, 0.3) is 0 Å².